The van der Waals surface area contributed by atoms with Crippen molar-refractivity contribution in [2.24, 2.45) is 7.05 Å². The second kappa shape index (κ2) is 5.70. The Labute approximate surface area is 152 Å². The van der Waals surface area contributed by atoms with Gasteiger partial charge in [0.1, 0.15) is 23.2 Å². The fourth-order valence-corrected chi connectivity index (χ4v) is 3.05. The van der Waals surface area contributed by atoms with Crippen LogP contribution < -0.4 is 11.2 Å². The van der Waals surface area contributed by atoms with Gasteiger partial charge in [-0.05, 0) is 12.1 Å². The summed E-state index contributed by atoms with van der Waals surface area (Å²) in [6.07, 6.45) is -5.29. The molecule has 1 aromatic carbocycles. The summed E-state index contributed by atoms with van der Waals surface area (Å²) in [5, 5.41) is 0.158. The summed E-state index contributed by atoms with van der Waals surface area (Å²) in [5.74, 6) is -0.792. The molecule has 0 bridgehead atoms. The van der Waals surface area contributed by atoms with E-state index in [4.69, 9.17) is 20.8 Å². The zero-order valence-electron chi connectivity index (χ0n) is 13.4. The summed E-state index contributed by atoms with van der Waals surface area (Å²) < 4.78 is 64.7. The van der Waals surface area contributed by atoms with Gasteiger partial charge in [0.25, 0.3) is 5.56 Å². The maximum Gasteiger partial charge on any atom is 0.431 e. The zero-order valence-corrected chi connectivity index (χ0v) is 14.2. The first kappa shape index (κ1) is 17.8. The van der Waals surface area contributed by atoms with Gasteiger partial charge < -0.3 is 9.15 Å². The number of hydrogen-bond acceptors (Lipinski definition) is 4. The van der Waals surface area contributed by atoms with Crippen LogP contribution in [-0.4, -0.2) is 15.7 Å². The molecule has 1 unspecified atom stereocenters. The molecule has 3 heterocycles. The van der Waals surface area contributed by atoms with Crippen molar-refractivity contribution >= 4 is 22.6 Å². The van der Waals surface area contributed by atoms with E-state index in [-0.39, 0.29) is 37.3 Å². The van der Waals surface area contributed by atoms with Gasteiger partial charge in [-0.3, -0.25) is 9.36 Å². The smallest absolute Gasteiger partial charge is 0.431 e. The highest BCUT2D eigenvalue weighted by Crippen LogP contribution is 2.39. The highest BCUT2D eigenvalue weighted by atomic mass is 35.5. The van der Waals surface area contributed by atoms with Gasteiger partial charge in [-0.25, -0.2) is 13.8 Å². The first-order valence-corrected chi connectivity index (χ1v) is 7.91. The van der Waals surface area contributed by atoms with Crippen LogP contribution in [0.3, 0.4) is 0 Å². The molecule has 1 fully saturated rings. The van der Waals surface area contributed by atoms with Gasteiger partial charge in [-0.2, -0.15) is 13.2 Å². The second-order valence-electron chi connectivity index (χ2n) is 5.94. The first-order chi connectivity index (χ1) is 12.6. The van der Waals surface area contributed by atoms with Crippen LogP contribution in [0.15, 0.2) is 32.2 Å². The standard InChI is InChI=1S/C16H9ClF4N2O4/c1-22-11(16(19,20)21)4-12(24)23(15(22)25)13-8(18)3-7(17)6-2-9(10-5-26-10)27-14(6)13/h2-4,10H,5H2,1H3. The Morgan fingerprint density at radius 1 is 1.22 bits per heavy atom. The average molecular weight is 405 g/mol. The minimum absolute atomic E-state index is 0.0429. The number of rotatable bonds is 2. The Balaban J connectivity index is 2.08. The lowest BCUT2D eigenvalue weighted by Crippen LogP contribution is -2.41. The SMILES string of the molecule is Cn1c(C(F)(F)F)cc(=O)n(-c2c(F)cc(Cl)c3cc(C4CO4)oc23)c1=O. The van der Waals surface area contributed by atoms with Crippen molar-refractivity contribution in [3.63, 3.8) is 0 Å². The van der Waals surface area contributed by atoms with E-state index < -0.39 is 34.6 Å². The van der Waals surface area contributed by atoms with Gasteiger partial charge >= 0.3 is 11.9 Å². The molecule has 0 amide bonds. The lowest BCUT2D eigenvalue weighted by molar-refractivity contribution is -0.144. The number of benzene rings is 1. The van der Waals surface area contributed by atoms with Crippen LogP contribution in [0.2, 0.25) is 5.02 Å². The molecule has 0 spiro atoms. The fraction of sp³-hybridized carbons (Fsp3) is 0.250. The van der Waals surface area contributed by atoms with Crippen molar-refractivity contribution in [1.29, 1.82) is 0 Å². The van der Waals surface area contributed by atoms with Crippen molar-refractivity contribution in [3.8, 4) is 5.69 Å². The molecule has 1 saturated heterocycles. The van der Waals surface area contributed by atoms with E-state index in [1.54, 1.807) is 0 Å². The van der Waals surface area contributed by atoms with Gasteiger partial charge in [-0.15, -0.1) is 0 Å². The molecule has 1 atom stereocenters. The van der Waals surface area contributed by atoms with Gasteiger partial charge in [0.05, 0.1) is 11.6 Å². The van der Waals surface area contributed by atoms with Gasteiger partial charge in [0, 0.05) is 18.5 Å². The monoisotopic (exact) mass is 404 g/mol. The van der Waals surface area contributed by atoms with E-state index in [0.29, 0.717) is 12.4 Å². The minimum Gasteiger partial charge on any atom is -0.456 e. The summed E-state index contributed by atoms with van der Waals surface area (Å²) in [6, 6.07) is 2.54. The lowest BCUT2D eigenvalue weighted by atomic mass is 10.2. The first-order valence-electron chi connectivity index (χ1n) is 7.53. The number of halogens is 5. The van der Waals surface area contributed by atoms with Crippen molar-refractivity contribution < 1.29 is 26.7 Å². The third-order valence-electron chi connectivity index (χ3n) is 4.19. The average Bonchev–Trinajstić information content (AvgIpc) is 3.32. The quantitative estimate of drug-likeness (QED) is 0.486. The molecular weight excluding hydrogens is 396 g/mol. The maximum atomic E-state index is 14.6. The highest BCUT2D eigenvalue weighted by Gasteiger charge is 2.36. The van der Waals surface area contributed by atoms with Crippen LogP contribution in [0.1, 0.15) is 17.6 Å². The topological polar surface area (TPSA) is 69.7 Å². The van der Waals surface area contributed by atoms with Crippen LogP contribution in [0.5, 0.6) is 0 Å². The predicted molar refractivity (Wildman–Crippen MR) is 85.7 cm³/mol. The highest BCUT2D eigenvalue weighted by molar-refractivity contribution is 6.35. The Morgan fingerprint density at radius 2 is 1.89 bits per heavy atom. The molecule has 2 aromatic heterocycles. The molecule has 11 heteroatoms. The number of hydrogen-bond donors (Lipinski definition) is 0. The van der Waals surface area contributed by atoms with E-state index in [9.17, 15) is 27.2 Å². The van der Waals surface area contributed by atoms with Crippen LogP contribution in [-0.2, 0) is 18.0 Å². The molecule has 3 aromatic rings. The maximum absolute atomic E-state index is 14.6. The summed E-state index contributed by atoms with van der Waals surface area (Å²) in [5.41, 5.74) is -5.03. The van der Waals surface area contributed by atoms with Crippen LogP contribution in [0.4, 0.5) is 17.6 Å². The molecule has 142 valence electrons. The summed E-state index contributed by atoms with van der Waals surface area (Å²) in [4.78, 5) is 24.7. The number of alkyl halides is 3. The molecule has 1 aliphatic heterocycles. The number of aromatic nitrogens is 2. The molecule has 0 saturated carbocycles. The number of fused-ring (bicyclic) bond motifs is 1. The van der Waals surface area contributed by atoms with Gasteiger partial charge in [0.15, 0.2) is 11.4 Å². The third kappa shape index (κ3) is 2.76. The second-order valence-corrected chi connectivity index (χ2v) is 6.35. The fourth-order valence-electron chi connectivity index (χ4n) is 2.81. The Hall–Kier alpha value is -2.59. The molecular formula is C16H9ClF4N2O4. The van der Waals surface area contributed by atoms with E-state index >= 15 is 0 Å². The van der Waals surface area contributed by atoms with Crippen molar-refractivity contribution in [2.75, 3.05) is 6.61 Å². The van der Waals surface area contributed by atoms with Crippen LogP contribution >= 0.6 is 11.6 Å². The van der Waals surface area contributed by atoms with Gasteiger partial charge in [0.2, 0.25) is 0 Å². The predicted octanol–water partition coefficient (Wildman–Crippen LogP) is 3.17. The van der Waals surface area contributed by atoms with Crippen LogP contribution in [0.25, 0.3) is 16.7 Å². The largest absolute Gasteiger partial charge is 0.456 e. The van der Waals surface area contributed by atoms with Crippen molar-refractivity contribution in [2.45, 2.75) is 12.3 Å². The lowest BCUT2D eigenvalue weighted by Gasteiger charge is -2.14. The van der Waals surface area contributed by atoms with Gasteiger partial charge in [-0.1, -0.05) is 11.6 Å². The normalized spacial score (nSPS) is 16.9. The number of epoxide rings is 1. The number of furan rings is 1. The molecule has 1 aliphatic rings. The summed E-state index contributed by atoms with van der Waals surface area (Å²) in [6.45, 7) is 0.372. The van der Waals surface area contributed by atoms with Crippen molar-refractivity contribution in [3.05, 3.63) is 61.3 Å². The molecule has 0 aliphatic carbocycles. The minimum atomic E-state index is -4.93. The zero-order chi connectivity index (χ0) is 19.7. The number of ether oxygens (including phenoxy) is 1. The Bertz CT molecular complexity index is 1200. The summed E-state index contributed by atoms with van der Waals surface area (Å²) in [7, 11) is 0.831. The Morgan fingerprint density at radius 3 is 2.48 bits per heavy atom. The third-order valence-corrected chi connectivity index (χ3v) is 4.50. The molecule has 27 heavy (non-hydrogen) atoms. The van der Waals surface area contributed by atoms with E-state index in [1.165, 1.54) is 6.07 Å². The summed E-state index contributed by atoms with van der Waals surface area (Å²) >= 11 is 6.00. The van der Waals surface area contributed by atoms with E-state index in [0.717, 1.165) is 13.1 Å². The Kier molecular flexibility index (Phi) is 3.76. The molecule has 0 N–H and O–H groups in total. The molecule has 6 nitrogen and oxygen atoms in total. The van der Waals surface area contributed by atoms with Crippen molar-refractivity contribution in [1.82, 2.24) is 9.13 Å². The number of nitrogens with zero attached hydrogens (tertiary/aromatic N) is 2. The van der Waals surface area contributed by atoms with E-state index in [2.05, 4.69) is 0 Å². The molecule has 4 rings (SSSR count). The van der Waals surface area contributed by atoms with Crippen LogP contribution in [0, 0.1) is 5.82 Å². The molecule has 0 radical (unpaired) electrons. The van der Waals surface area contributed by atoms with E-state index in [1.807, 2.05) is 0 Å².